The molecule has 0 fully saturated rings. The first-order valence-corrected chi connectivity index (χ1v) is 12.8. The molecule has 0 aliphatic rings. The minimum atomic E-state index is -1.47. The zero-order valence-electron chi connectivity index (χ0n) is 19.7. The summed E-state index contributed by atoms with van der Waals surface area (Å²) in [4.78, 5) is 27.3. The molecule has 0 bridgehead atoms. The number of aromatic nitrogens is 4. The normalized spacial score (nSPS) is 12.4. The van der Waals surface area contributed by atoms with Crippen molar-refractivity contribution in [2.45, 2.75) is 26.8 Å². The van der Waals surface area contributed by atoms with Crippen LogP contribution in [-0.4, -0.2) is 39.3 Å². The quantitative estimate of drug-likeness (QED) is 0.239. The second kappa shape index (κ2) is 11.8. The van der Waals surface area contributed by atoms with E-state index in [0.29, 0.717) is 40.5 Å². The van der Waals surface area contributed by atoms with Gasteiger partial charge in [0, 0.05) is 28.5 Å². The first-order valence-electron chi connectivity index (χ1n) is 11.3. The highest BCUT2D eigenvalue weighted by Crippen LogP contribution is 2.40. The lowest BCUT2D eigenvalue weighted by Crippen LogP contribution is -2.26. The smallest absolute Gasteiger partial charge is 0.313 e. The molecule has 0 aliphatic heterocycles. The van der Waals surface area contributed by atoms with Gasteiger partial charge in [-0.15, -0.1) is 0 Å². The lowest BCUT2D eigenvalue weighted by atomic mass is 10.1. The molecule has 182 valence electrons. The molecule has 1 atom stereocenters. The predicted molar refractivity (Wildman–Crippen MR) is 138 cm³/mol. The Morgan fingerprint density at radius 3 is 2.46 bits per heavy atom. The third-order valence-corrected chi connectivity index (χ3v) is 6.76. The van der Waals surface area contributed by atoms with Crippen molar-refractivity contribution in [3.63, 3.8) is 0 Å². The number of halogens is 1. The van der Waals surface area contributed by atoms with Crippen LogP contribution in [0.1, 0.15) is 26.8 Å². The molecule has 10 heteroatoms. The molecule has 0 saturated carbocycles. The topological polar surface area (TPSA) is 88.4 Å². The maximum absolute atomic E-state index is 13.6. The Labute approximate surface area is 209 Å². The molecular formula is C25H26ClN4O4P. The summed E-state index contributed by atoms with van der Waals surface area (Å²) in [5.41, 5.74) is 3.16. The maximum atomic E-state index is 13.6. The van der Waals surface area contributed by atoms with Crippen LogP contribution >= 0.6 is 20.2 Å². The van der Waals surface area contributed by atoms with E-state index >= 15 is 0 Å². The van der Waals surface area contributed by atoms with E-state index in [9.17, 15) is 4.79 Å². The van der Waals surface area contributed by atoms with Gasteiger partial charge < -0.3 is 13.6 Å². The first kappa shape index (κ1) is 25.4. The number of pyridine rings is 2. The van der Waals surface area contributed by atoms with Crippen molar-refractivity contribution in [3.8, 4) is 22.5 Å². The Hall–Kier alpha value is -2.74. The Bertz CT molecular complexity index is 1330. The molecule has 4 aromatic rings. The molecule has 35 heavy (non-hydrogen) atoms. The average molecular weight is 513 g/mol. The molecule has 8 nitrogen and oxygen atoms in total. The van der Waals surface area contributed by atoms with Crippen molar-refractivity contribution in [3.05, 3.63) is 76.6 Å². The lowest BCUT2D eigenvalue weighted by molar-refractivity contribution is 0.154. The summed E-state index contributed by atoms with van der Waals surface area (Å²) in [6.07, 6.45) is 4.93. The van der Waals surface area contributed by atoms with Gasteiger partial charge >= 0.3 is 8.60 Å². The van der Waals surface area contributed by atoms with E-state index in [2.05, 4.69) is 9.97 Å². The number of benzene rings is 1. The van der Waals surface area contributed by atoms with Gasteiger partial charge in [0.05, 0.1) is 49.0 Å². The fraction of sp³-hybridized carbons (Fsp3) is 0.280. The summed E-state index contributed by atoms with van der Waals surface area (Å²) in [5, 5.41) is 1.08. The van der Waals surface area contributed by atoms with E-state index in [-0.39, 0.29) is 18.2 Å². The summed E-state index contributed by atoms with van der Waals surface area (Å²) >= 11 is 6.07. The van der Waals surface area contributed by atoms with Crippen molar-refractivity contribution in [1.29, 1.82) is 0 Å². The van der Waals surface area contributed by atoms with Crippen LogP contribution in [0.3, 0.4) is 0 Å². The molecule has 0 N–H and O–H groups in total. The zero-order valence-corrected chi connectivity index (χ0v) is 21.4. The van der Waals surface area contributed by atoms with E-state index in [1.54, 1.807) is 35.2 Å². The van der Waals surface area contributed by atoms with Gasteiger partial charge in [0.25, 0.3) is 5.56 Å². The number of rotatable bonds is 10. The molecular weight excluding hydrogens is 487 g/mol. The summed E-state index contributed by atoms with van der Waals surface area (Å²) < 4.78 is 18.4. The van der Waals surface area contributed by atoms with Crippen LogP contribution in [0.5, 0.6) is 0 Å². The SMILES string of the molecule is CCOP(OCC)OCC(C)n1cnc2c(-c3cccnc3)nc(-c3ccc(Cl)cc3)cc2c1=O. The second-order valence-electron chi connectivity index (χ2n) is 7.66. The van der Waals surface area contributed by atoms with Gasteiger partial charge in [0.2, 0.25) is 0 Å². The van der Waals surface area contributed by atoms with Crippen LogP contribution in [0.25, 0.3) is 33.4 Å². The standard InChI is InChI=1S/C25H26ClN4O4P/c1-4-32-35(33-5-2)34-15-17(3)30-16-28-24-21(25(30)31)13-22(18-8-10-20(26)11-9-18)29-23(24)19-7-6-12-27-14-19/h6-14,16-17H,4-5,15H2,1-3H3. The third-order valence-electron chi connectivity index (χ3n) is 5.21. The Morgan fingerprint density at radius 2 is 1.80 bits per heavy atom. The van der Waals surface area contributed by atoms with E-state index < -0.39 is 8.60 Å². The van der Waals surface area contributed by atoms with Crippen LogP contribution in [0.2, 0.25) is 5.02 Å². The Balaban J connectivity index is 1.78. The van der Waals surface area contributed by atoms with Crippen molar-refractivity contribution in [2.75, 3.05) is 19.8 Å². The van der Waals surface area contributed by atoms with Crippen LogP contribution in [0.15, 0.2) is 66.0 Å². The van der Waals surface area contributed by atoms with Crippen LogP contribution in [0, 0.1) is 0 Å². The van der Waals surface area contributed by atoms with Crippen LogP contribution < -0.4 is 5.56 Å². The van der Waals surface area contributed by atoms with Gasteiger partial charge in [0.1, 0.15) is 5.52 Å². The summed E-state index contributed by atoms with van der Waals surface area (Å²) in [6, 6.07) is 12.5. The van der Waals surface area contributed by atoms with E-state index in [1.807, 2.05) is 45.0 Å². The second-order valence-corrected chi connectivity index (χ2v) is 9.32. The molecule has 4 rings (SSSR count). The number of hydrogen-bond donors (Lipinski definition) is 0. The minimum absolute atomic E-state index is 0.189. The highest BCUT2D eigenvalue weighted by molar-refractivity contribution is 7.41. The van der Waals surface area contributed by atoms with E-state index in [0.717, 1.165) is 11.1 Å². The fourth-order valence-electron chi connectivity index (χ4n) is 3.50. The van der Waals surface area contributed by atoms with Crippen LogP contribution in [0.4, 0.5) is 0 Å². The van der Waals surface area contributed by atoms with Crippen LogP contribution in [-0.2, 0) is 13.6 Å². The number of nitrogens with zero attached hydrogens (tertiary/aromatic N) is 4. The summed E-state index contributed by atoms with van der Waals surface area (Å²) in [5.74, 6) is 0. The third kappa shape index (κ3) is 5.92. The minimum Gasteiger partial charge on any atom is -0.313 e. The summed E-state index contributed by atoms with van der Waals surface area (Å²) in [6.45, 7) is 6.85. The summed E-state index contributed by atoms with van der Waals surface area (Å²) in [7, 11) is -1.47. The van der Waals surface area contributed by atoms with Gasteiger partial charge in [-0.05, 0) is 51.1 Å². The number of hydrogen-bond acceptors (Lipinski definition) is 7. The van der Waals surface area contributed by atoms with Crippen molar-refractivity contribution in [2.24, 2.45) is 0 Å². The molecule has 0 amide bonds. The van der Waals surface area contributed by atoms with Gasteiger partial charge in [0.15, 0.2) is 0 Å². The number of fused-ring (bicyclic) bond motifs is 1. The highest BCUT2D eigenvalue weighted by atomic mass is 35.5. The predicted octanol–water partition coefficient (Wildman–Crippen LogP) is 6.05. The monoisotopic (exact) mass is 512 g/mol. The maximum Gasteiger partial charge on any atom is 0.332 e. The molecule has 0 spiro atoms. The van der Waals surface area contributed by atoms with Crippen molar-refractivity contribution >= 4 is 31.1 Å². The van der Waals surface area contributed by atoms with Gasteiger partial charge in [-0.2, -0.15) is 0 Å². The lowest BCUT2D eigenvalue weighted by Gasteiger charge is -2.20. The molecule has 0 radical (unpaired) electrons. The molecule has 3 aromatic heterocycles. The fourth-order valence-corrected chi connectivity index (χ4v) is 4.61. The highest BCUT2D eigenvalue weighted by Gasteiger charge is 2.19. The molecule has 1 aromatic carbocycles. The van der Waals surface area contributed by atoms with Crippen molar-refractivity contribution in [1.82, 2.24) is 19.5 Å². The van der Waals surface area contributed by atoms with Crippen molar-refractivity contribution < 1.29 is 13.6 Å². The zero-order chi connectivity index (χ0) is 24.8. The molecule has 3 heterocycles. The Morgan fingerprint density at radius 1 is 1.06 bits per heavy atom. The Kier molecular flexibility index (Phi) is 8.55. The van der Waals surface area contributed by atoms with Gasteiger partial charge in [-0.3, -0.25) is 14.3 Å². The van der Waals surface area contributed by atoms with Gasteiger partial charge in [-0.25, -0.2) is 9.97 Å². The van der Waals surface area contributed by atoms with E-state index in [1.165, 1.54) is 6.33 Å². The average Bonchev–Trinajstić information content (AvgIpc) is 2.88. The molecule has 0 saturated heterocycles. The largest absolute Gasteiger partial charge is 0.332 e. The van der Waals surface area contributed by atoms with Gasteiger partial charge in [-0.1, -0.05) is 23.7 Å². The molecule has 0 aliphatic carbocycles. The first-order chi connectivity index (χ1) is 17.0. The van der Waals surface area contributed by atoms with E-state index in [4.69, 9.17) is 30.2 Å². The molecule has 1 unspecified atom stereocenters.